The first-order valence-corrected chi connectivity index (χ1v) is 12.3. The highest BCUT2D eigenvalue weighted by Crippen LogP contribution is 2.35. The van der Waals surface area contributed by atoms with Gasteiger partial charge in [-0.1, -0.05) is 24.3 Å². The number of rotatable bonds is 9. The van der Waals surface area contributed by atoms with E-state index in [1.54, 1.807) is 14.2 Å². The average Bonchev–Trinajstić information content (AvgIpc) is 3.50. The quantitative estimate of drug-likeness (QED) is 0.258. The second-order valence-corrected chi connectivity index (χ2v) is 9.21. The molecule has 1 fully saturated rings. The Morgan fingerprint density at radius 3 is 2.42 bits per heavy atom. The van der Waals surface area contributed by atoms with Gasteiger partial charge in [-0.2, -0.15) is 0 Å². The lowest BCUT2D eigenvalue weighted by Gasteiger charge is -2.22. The fraction of sp³-hybridized carbons (Fsp3) is 0.370. The van der Waals surface area contributed by atoms with Gasteiger partial charge in [0.2, 0.25) is 0 Å². The lowest BCUT2D eigenvalue weighted by atomic mass is 9.88. The summed E-state index contributed by atoms with van der Waals surface area (Å²) in [5, 5.41) is 33.5. The summed E-state index contributed by atoms with van der Waals surface area (Å²) in [7, 11) is 3.25. The normalized spacial score (nSPS) is 21.9. The van der Waals surface area contributed by atoms with E-state index in [2.05, 4.69) is 39.3 Å². The van der Waals surface area contributed by atoms with Gasteiger partial charge in [-0.25, -0.2) is 15.0 Å². The van der Waals surface area contributed by atoms with E-state index < -0.39 is 31.1 Å². The van der Waals surface area contributed by atoms with Crippen molar-refractivity contribution in [3.05, 3.63) is 71.8 Å². The van der Waals surface area contributed by atoms with Gasteiger partial charge in [-0.05, 0) is 35.7 Å². The Bertz CT molecular complexity index is 1390. The summed E-state index contributed by atoms with van der Waals surface area (Å²) in [5.74, 6) is 1.82. The van der Waals surface area contributed by atoms with E-state index in [0.717, 1.165) is 16.7 Å². The number of fused-ring (bicyclic) bond motifs is 1. The molecule has 1 saturated heterocycles. The van der Waals surface area contributed by atoms with E-state index in [1.807, 2.05) is 30.3 Å². The molecule has 1 aliphatic heterocycles. The van der Waals surface area contributed by atoms with E-state index >= 15 is 0 Å². The minimum atomic E-state index is -1.25. The monoisotopic (exact) mass is 521 g/mol. The molecule has 0 radical (unpaired) electrons. The van der Waals surface area contributed by atoms with E-state index in [0.29, 0.717) is 35.0 Å². The summed E-state index contributed by atoms with van der Waals surface area (Å²) >= 11 is 0. The van der Waals surface area contributed by atoms with Gasteiger partial charge < -0.3 is 34.8 Å². The number of aliphatic hydroxyl groups excluding tert-OH is 3. The van der Waals surface area contributed by atoms with Crippen molar-refractivity contribution in [2.75, 3.05) is 32.7 Å². The van der Waals surface area contributed by atoms with E-state index in [-0.39, 0.29) is 5.92 Å². The summed E-state index contributed by atoms with van der Waals surface area (Å²) in [6.45, 7) is 2.14. The van der Waals surface area contributed by atoms with Crippen LogP contribution < -0.4 is 14.8 Å². The number of aryl methyl sites for hydroxylation is 1. The van der Waals surface area contributed by atoms with Crippen molar-refractivity contribution in [1.29, 1.82) is 0 Å². The molecular formula is C27H31N5O6. The van der Waals surface area contributed by atoms with Crippen LogP contribution in [0.1, 0.15) is 28.8 Å². The van der Waals surface area contributed by atoms with Crippen molar-refractivity contribution >= 4 is 17.0 Å². The van der Waals surface area contributed by atoms with E-state index in [9.17, 15) is 15.3 Å². The van der Waals surface area contributed by atoms with Crippen LogP contribution in [0.5, 0.6) is 11.5 Å². The predicted molar refractivity (Wildman–Crippen MR) is 139 cm³/mol. The molecule has 38 heavy (non-hydrogen) atoms. The average molecular weight is 522 g/mol. The number of anilines is 1. The van der Waals surface area contributed by atoms with Crippen molar-refractivity contribution < 1.29 is 29.5 Å². The predicted octanol–water partition coefficient (Wildman–Crippen LogP) is 2.01. The van der Waals surface area contributed by atoms with Crippen LogP contribution in [-0.4, -0.2) is 80.5 Å². The van der Waals surface area contributed by atoms with E-state index in [1.165, 1.54) is 17.2 Å². The Balaban J connectivity index is 1.48. The molecule has 2 aromatic carbocycles. The molecule has 2 unspecified atom stereocenters. The number of aliphatic hydroxyl groups is 3. The topological polar surface area (TPSA) is 144 Å². The van der Waals surface area contributed by atoms with Crippen LogP contribution in [0.15, 0.2) is 55.1 Å². The lowest BCUT2D eigenvalue weighted by Crippen LogP contribution is -2.33. The Morgan fingerprint density at radius 1 is 1.03 bits per heavy atom. The van der Waals surface area contributed by atoms with E-state index in [4.69, 9.17) is 14.2 Å². The van der Waals surface area contributed by atoms with Gasteiger partial charge in [-0.3, -0.25) is 4.57 Å². The molecule has 4 aromatic rings. The number of hydrogen-bond donors (Lipinski definition) is 4. The third-order valence-electron chi connectivity index (χ3n) is 6.96. The van der Waals surface area contributed by atoms with Crippen LogP contribution in [0, 0.1) is 6.92 Å². The highest BCUT2D eigenvalue weighted by molar-refractivity contribution is 5.82. The van der Waals surface area contributed by atoms with Gasteiger partial charge in [0.1, 0.15) is 36.1 Å². The largest absolute Gasteiger partial charge is 0.497 e. The number of nitrogens with zero attached hydrogens (tertiary/aromatic N) is 4. The van der Waals surface area contributed by atoms with Gasteiger partial charge in [0.05, 0.1) is 27.2 Å². The van der Waals surface area contributed by atoms with Gasteiger partial charge in [0.15, 0.2) is 23.2 Å². The zero-order valence-electron chi connectivity index (χ0n) is 21.4. The third-order valence-corrected chi connectivity index (χ3v) is 6.96. The Morgan fingerprint density at radius 2 is 1.76 bits per heavy atom. The Kier molecular flexibility index (Phi) is 7.43. The standard InChI is InChI=1S/C27H31N5O6/c1-15-6-4-5-7-19(15)20(16-8-17(36-2)10-18(9-16)37-3)11-28-25-22-26(30-13-29-25)32(14-31-22)27-24(35)23(34)21(12-33)38-27/h4-10,13-14,20-21,23-24,27,33-35H,11-12H2,1-3H3,(H,28,29,30)/t20?,21-,23-,24?,27-/m1/s1. The first kappa shape index (κ1) is 25.9. The molecule has 5 atom stereocenters. The summed E-state index contributed by atoms with van der Waals surface area (Å²) in [4.78, 5) is 13.2. The molecule has 11 nitrogen and oxygen atoms in total. The number of benzene rings is 2. The molecule has 11 heteroatoms. The molecule has 0 bridgehead atoms. The zero-order chi connectivity index (χ0) is 26.8. The van der Waals surface area contributed by atoms with Crippen LogP contribution >= 0.6 is 0 Å². The van der Waals surface area contributed by atoms with Crippen molar-refractivity contribution in [3.8, 4) is 11.5 Å². The van der Waals surface area contributed by atoms with Crippen molar-refractivity contribution in [2.24, 2.45) is 0 Å². The summed E-state index contributed by atoms with van der Waals surface area (Å²) in [6, 6.07) is 14.0. The number of ether oxygens (including phenoxy) is 3. The highest BCUT2D eigenvalue weighted by Gasteiger charge is 2.44. The van der Waals surface area contributed by atoms with Crippen LogP contribution in [0.3, 0.4) is 0 Å². The van der Waals surface area contributed by atoms with Crippen LogP contribution in [0.25, 0.3) is 11.2 Å². The summed E-state index contributed by atoms with van der Waals surface area (Å²) in [5.41, 5.74) is 4.19. The molecular weight excluding hydrogens is 490 g/mol. The van der Waals surface area contributed by atoms with Crippen LogP contribution in [0.4, 0.5) is 5.82 Å². The molecule has 0 spiro atoms. The second kappa shape index (κ2) is 10.9. The number of aromatic nitrogens is 4. The first-order chi connectivity index (χ1) is 18.4. The molecule has 3 heterocycles. The van der Waals surface area contributed by atoms with Gasteiger partial charge in [0, 0.05) is 18.5 Å². The summed E-state index contributed by atoms with van der Waals surface area (Å²) in [6.07, 6.45) is -1.43. The minimum absolute atomic E-state index is 0.0762. The van der Waals surface area contributed by atoms with Crippen molar-refractivity contribution in [1.82, 2.24) is 19.5 Å². The second-order valence-electron chi connectivity index (χ2n) is 9.21. The van der Waals surface area contributed by atoms with Crippen LogP contribution in [-0.2, 0) is 4.74 Å². The molecule has 0 amide bonds. The van der Waals surface area contributed by atoms with Crippen molar-refractivity contribution in [2.45, 2.75) is 37.4 Å². The van der Waals surface area contributed by atoms with Crippen molar-refractivity contribution in [3.63, 3.8) is 0 Å². The first-order valence-electron chi connectivity index (χ1n) is 12.3. The number of imidazole rings is 1. The maximum Gasteiger partial charge on any atom is 0.167 e. The molecule has 2 aromatic heterocycles. The molecule has 0 saturated carbocycles. The highest BCUT2D eigenvalue weighted by atomic mass is 16.6. The van der Waals surface area contributed by atoms with Gasteiger partial charge in [0.25, 0.3) is 0 Å². The fourth-order valence-corrected chi connectivity index (χ4v) is 4.89. The zero-order valence-corrected chi connectivity index (χ0v) is 21.4. The minimum Gasteiger partial charge on any atom is -0.497 e. The third kappa shape index (κ3) is 4.76. The maximum absolute atomic E-state index is 10.5. The fourth-order valence-electron chi connectivity index (χ4n) is 4.89. The molecule has 5 rings (SSSR count). The Labute approximate surface area is 219 Å². The smallest absolute Gasteiger partial charge is 0.167 e. The maximum atomic E-state index is 10.5. The molecule has 0 aliphatic carbocycles. The van der Waals surface area contributed by atoms with Gasteiger partial charge >= 0.3 is 0 Å². The number of methoxy groups -OCH3 is 2. The molecule has 4 N–H and O–H groups in total. The van der Waals surface area contributed by atoms with Crippen LogP contribution in [0.2, 0.25) is 0 Å². The molecule has 1 aliphatic rings. The van der Waals surface area contributed by atoms with Gasteiger partial charge in [-0.15, -0.1) is 0 Å². The lowest BCUT2D eigenvalue weighted by molar-refractivity contribution is -0.0511. The SMILES string of the molecule is COc1cc(OC)cc(C(CNc2ncnc3c2ncn3[C@@H]2O[C@H](CO)[C@@H](O)C2O)c2ccccc2C)c1. The number of hydrogen-bond acceptors (Lipinski definition) is 10. The number of nitrogens with one attached hydrogen (secondary N) is 1. The molecule has 200 valence electrons. The summed E-state index contributed by atoms with van der Waals surface area (Å²) < 4.78 is 18.2. The Hall–Kier alpha value is -3.77.